The summed E-state index contributed by atoms with van der Waals surface area (Å²) < 4.78 is 5.50. The molecule has 0 saturated heterocycles. The van der Waals surface area contributed by atoms with Crippen molar-refractivity contribution < 1.29 is 14.3 Å². The third kappa shape index (κ3) is 4.95. The van der Waals surface area contributed by atoms with Gasteiger partial charge in [-0.15, -0.1) is 0 Å². The van der Waals surface area contributed by atoms with E-state index in [0.717, 1.165) is 12.0 Å². The molecule has 0 amide bonds. The molecule has 2 atom stereocenters. The summed E-state index contributed by atoms with van der Waals surface area (Å²) in [6.45, 7) is 11.6. The van der Waals surface area contributed by atoms with Crippen LogP contribution in [0.1, 0.15) is 53.4 Å². The highest BCUT2D eigenvalue weighted by Crippen LogP contribution is 2.29. The zero-order valence-corrected chi connectivity index (χ0v) is 13.1. The molecule has 0 fully saturated rings. The number of ether oxygens (including phenoxy) is 1. The van der Waals surface area contributed by atoms with Gasteiger partial charge in [0.1, 0.15) is 6.10 Å². The van der Waals surface area contributed by atoms with E-state index in [1.165, 1.54) is 6.92 Å². The van der Waals surface area contributed by atoms with E-state index >= 15 is 0 Å². The van der Waals surface area contributed by atoms with Crippen LogP contribution in [-0.4, -0.2) is 17.9 Å². The van der Waals surface area contributed by atoms with E-state index in [0.29, 0.717) is 30.8 Å². The monoisotopic (exact) mass is 278 g/mol. The molecule has 0 N–H and O–H groups in total. The number of ketones is 1. The molecule has 1 rings (SSSR count). The van der Waals surface area contributed by atoms with E-state index in [1.807, 2.05) is 13.0 Å². The Balaban J connectivity index is 3.03. The van der Waals surface area contributed by atoms with Gasteiger partial charge in [0.2, 0.25) is 0 Å². The number of carbonyl (C=O) groups excluding carboxylic acids is 2. The summed E-state index contributed by atoms with van der Waals surface area (Å²) in [5.41, 5.74) is 1.80. The average molecular weight is 278 g/mol. The number of rotatable bonds is 2. The highest BCUT2D eigenvalue weighted by Gasteiger charge is 2.27. The van der Waals surface area contributed by atoms with Crippen LogP contribution in [-0.2, 0) is 14.3 Å². The van der Waals surface area contributed by atoms with Crippen LogP contribution in [0.15, 0.2) is 23.8 Å². The first-order valence-electron chi connectivity index (χ1n) is 7.36. The van der Waals surface area contributed by atoms with Crippen LogP contribution in [0.5, 0.6) is 0 Å². The van der Waals surface area contributed by atoms with Crippen molar-refractivity contribution in [3.8, 4) is 0 Å². The molecule has 0 unspecified atom stereocenters. The van der Waals surface area contributed by atoms with Crippen LogP contribution in [0.3, 0.4) is 0 Å². The van der Waals surface area contributed by atoms with E-state index in [-0.39, 0.29) is 23.8 Å². The van der Waals surface area contributed by atoms with Crippen LogP contribution >= 0.6 is 0 Å². The molecule has 0 aromatic heterocycles. The first-order valence-corrected chi connectivity index (χ1v) is 7.36. The molecule has 0 aromatic carbocycles. The van der Waals surface area contributed by atoms with Gasteiger partial charge in [0, 0.05) is 19.3 Å². The van der Waals surface area contributed by atoms with E-state index < -0.39 is 0 Å². The Morgan fingerprint density at radius 3 is 2.55 bits per heavy atom. The van der Waals surface area contributed by atoms with Gasteiger partial charge in [-0.25, -0.2) is 0 Å². The quantitative estimate of drug-likeness (QED) is 0.438. The molecule has 3 nitrogen and oxygen atoms in total. The lowest BCUT2D eigenvalue weighted by Gasteiger charge is -2.29. The number of hydrogen-bond donors (Lipinski definition) is 0. The Hall–Kier alpha value is -1.38. The fourth-order valence-electron chi connectivity index (χ4n) is 2.65. The van der Waals surface area contributed by atoms with Gasteiger partial charge in [-0.3, -0.25) is 9.59 Å². The fraction of sp³-hybridized carbons (Fsp3) is 0.647. The Kier molecular flexibility index (Phi) is 6.18. The van der Waals surface area contributed by atoms with Crippen molar-refractivity contribution in [1.29, 1.82) is 0 Å². The minimum Gasteiger partial charge on any atom is -0.458 e. The molecular weight excluding hydrogens is 252 g/mol. The second kappa shape index (κ2) is 7.41. The molecule has 1 aliphatic carbocycles. The molecule has 0 bridgehead atoms. The maximum atomic E-state index is 11.9. The van der Waals surface area contributed by atoms with Crippen LogP contribution in [0.2, 0.25) is 0 Å². The Bertz CT molecular complexity index is 418. The summed E-state index contributed by atoms with van der Waals surface area (Å²) in [6.07, 6.45) is 4.54. The van der Waals surface area contributed by atoms with E-state index in [9.17, 15) is 9.59 Å². The lowest BCUT2D eigenvalue weighted by molar-refractivity contribution is -0.147. The molecule has 0 aromatic rings. The van der Waals surface area contributed by atoms with E-state index in [1.54, 1.807) is 0 Å². The van der Waals surface area contributed by atoms with Crippen molar-refractivity contribution in [2.24, 2.45) is 11.8 Å². The van der Waals surface area contributed by atoms with Crippen LogP contribution < -0.4 is 0 Å². The third-order valence-corrected chi connectivity index (χ3v) is 3.95. The molecule has 0 radical (unpaired) electrons. The largest absolute Gasteiger partial charge is 0.458 e. The fourth-order valence-corrected chi connectivity index (χ4v) is 2.65. The Morgan fingerprint density at radius 1 is 1.35 bits per heavy atom. The highest BCUT2D eigenvalue weighted by molar-refractivity contribution is 5.94. The maximum absolute atomic E-state index is 11.9. The molecule has 112 valence electrons. The number of Topliss-reactive ketones (excluding diaryl/α,β-unsaturated/α-hetero) is 1. The lowest BCUT2D eigenvalue weighted by Crippen LogP contribution is -2.29. The zero-order valence-electron chi connectivity index (χ0n) is 13.1. The molecule has 1 aliphatic rings. The topological polar surface area (TPSA) is 43.4 Å². The van der Waals surface area contributed by atoms with Crippen LogP contribution in [0, 0.1) is 11.8 Å². The smallest absolute Gasteiger partial charge is 0.303 e. The van der Waals surface area contributed by atoms with Gasteiger partial charge in [-0.05, 0) is 43.8 Å². The van der Waals surface area contributed by atoms with Crippen molar-refractivity contribution in [2.45, 2.75) is 59.5 Å². The second-order valence-corrected chi connectivity index (χ2v) is 6.06. The zero-order chi connectivity index (χ0) is 15.3. The van der Waals surface area contributed by atoms with Crippen molar-refractivity contribution in [3.05, 3.63) is 23.8 Å². The average Bonchev–Trinajstić information content (AvgIpc) is 2.33. The molecule has 0 saturated carbocycles. The predicted molar refractivity (Wildman–Crippen MR) is 80.3 cm³/mol. The summed E-state index contributed by atoms with van der Waals surface area (Å²) in [5, 5.41) is 0. The standard InChI is InChI=1S/C17H26O3/c1-11(2)15-8-7-13(4)16(19)9-6-12(3)10-17(15)20-14(5)18/h10-11,15,17H,4,6-9H2,1-3,5H3/b12-10+/t15-,17+/m1/s1. The molecular formula is C17H26O3. The third-order valence-electron chi connectivity index (χ3n) is 3.95. The first-order chi connectivity index (χ1) is 9.31. The van der Waals surface area contributed by atoms with Gasteiger partial charge in [-0.1, -0.05) is 26.0 Å². The van der Waals surface area contributed by atoms with Gasteiger partial charge in [0.25, 0.3) is 0 Å². The van der Waals surface area contributed by atoms with Crippen LogP contribution in [0.4, 0.5) is 0 Å². The second-order valence-electron chi connectivity index (χ2n) is 6.06. The van der Waals surface area contributed by atoms with Gasteiger partial charge < -0.3 is 4.74 Å². The van der Waals surface area contributed by atoms with Crippen molar-refractivity contribution >= 4 is 11.8 Å². The lowest BCUT2D eigenvalue weighted by atomic mass is 9.82. The molecule has 0 spiro atoms. The van der Waals surface area contributed by atoms with Gasteiger partial charge >= 0.3 is 5.97 Å². The number of esters is 1. The van der Waals surface area contributed by atoms with E-state index in [4.69, 9.17) is 4.74 Å². The van der Waals surface area contributed by atoms with Crippen molar-refractivity contribution in [2.75, 3.05) is 0 Å². The summed E-state index contributed by atoms with van der Waals surface area (Å²) in [5.74, 6) is 0.505. The van der Waals surface area contributed by atoms with Crippen molar-refractivity contribution in [1.82, 2.24) is 0 Å². The normalized spacial score (nSPS) is 27.9. The summed E-state index contributed by atoms with van der Waals surface area (Å²) in [7, 11) is 0. The maximum Gasteiger partial charge on any atom is 0.303 e. The number of allylic oxidation sites excluding steroid dienone is 2. The molecule has 20 heavy (non-hydrogen) atoms. The van der Waals surface area contributed by atoms with Crippen molar-refractivity contribution in [3.63, 3.8) is 0 Å². The minimum absolute atomic E-state index is 0.159. The molecule has 3 heteroatoms. The summed E-state index contributed by atoms with van der Waals surface area (Å²) in [4.78, 5) is 23.2. The summed E-state index contributed by atoms with van der Waals surface area (Å²) in [6, 6.07) is 0. The SMILES string of the molecule is C=C1CC[C@H](C(C)C)[C@@H](OC(C)=O)/C=C(\C)CCC1=O. The van der Waals surface area contributed by atoms with E-state index in [2.05, 4.69) is 20.4 Å². The minimum atomic E-state index is -0.253. The van der Waals surface area contributed by atoms with Gasteiger partial charge in [0.05, 0.1) is 0 Å². The number of hydrogen-bond acceptors (Lipinski definition) is 3. The highest BCUT2D eigenvalue weighted by atomic mass is 16.5. The first kappa shape index (κ1) is 16.7. The molecule has 0 aliphatic heterocycles. The predicted octanol–water partition coefficient (Wildman–Crippen LogP) is 3.84. The van der Waals surface area contributed by atoms with Gasteiger partial charge in [0.15, 0.2) is 5.78 Å². The summed E-state index contributed by atoms with van der Waals surface area (Å²) >= 11 is 0. The Morgan fingerprint density at radius 2 is 2.00 bits per heavy atom. The Labute approximate surface area is 122 Å². The molecule has 0 heterocycles. The number of carbonyl (C=O) groups is 2. The van der Waals surface area contributed by atoms with Crippen LogP contribution in [0.25, 0.3) is 0 Å². The van der Waals surface area contributed by atoms with Gasteiger partial charge in [-0.2, -0.15) is 0 Å².